The second kappa shape index (κ2) is 4.37. The normalized spacial score (nSPS) is 25.2. The molecule has 1 aliphatic heterocycles. The van der Waals surface area contributed by atoms with Crippen molar-refractivity contribution in [3.8, 4) is 0 Å². The molecular weight excluding hydrogens is 212 g/mol. The fourth-order valence-electron chi connectivity index (χ4n) is 1.92. The molecule has 1 saturated heterocycles. The largest absolute Gasteiger partial charge is 0.364 e. The van der Waals surface area contributed by atoms with Crippen molar-refractivity contribution in [3.05, 3.63) is 24.0 Å². The Morgan fingerprint density at radius 3 is 3.07 bits per heavy atom. The van der Waals surface area contributed by atoms with Gasteiger partial charge in [-0.3, -0.25) is 0 Å². The van der Waals surface area contributed by atoms with Crippen molar-refractivity contribution < 1.29 is 8.42 Å². The van der Waals surface area contributed by atoms with Gasteiger partial charge >= 0.3 is 0 Å². The first-order chi connectivity index (χ1) is 7.16. The molecule has 0 saturated carbocycles. The van der Waals surface area contributed by atoms with Crippen molar-refractivity contribution in [1.82, 2.24) is 10.3 Å². The molecule has 1 aromatic heterocycles. The maximum Gasteiger partial charge on any atom is 0.151 e. The Bertz CT molecular complexity index is 397. The van der Waals surface area contributed by atoms with Crippen LogP contribution in [0.5, 0.6) is 0 Å². The molecule has 1 aliphatic rings. The first-order valence-corrected chi connectivity index (χ1v) is 7.04. The molecule has 1 fully saturated rings. The van der Waals surface area contributed by atoms with Crippen molar-refractivity contribution in [3.63, 3.8) is 0 Å². The third-order valence-corrected chi connectivity index (χ3v) is 4.53. The van der Waals surface area contributed by atoms with Gasteiger partial charge in [-0.1, -0.05) is 0 Å². The molecule has 0 bridgehead atoms. The second-order valence-corrected chi connectivity index (χ2v) is 6.26. The Hall–Kier alpha value is -0.810. The van der Waals surface area contributed by atoms with Crippen LogP contribution in [-0.2, 0) is 16.4 Å². The molecule has 5 heteroatoms. The molecule has 4 nitrogen and oxygen atoms in total. The van der Waals surface area contributed by atoms with Crippen molar-refractivity contribution in [1.29, 1.82) is 0 Å². The van der Waals surface area contributed by atoms with Crippen LogP contribution in [0, 0.1) is 0 Å². The van der Waals surface area contributed by atoms with Crippen molar-refractivity contribution in [2.45, 2.75) is 25.4 Å². The van der Waals surface area contributed by atoms with Gasteiger partial charge in [-0.2, -0.15) is 0 Å². The third-order valence-electron chi connectivity index (χ3n) is 2.71. The first kappa shape index (κ1) is 10.7. The fourth-order valence-corrected chi connectivity index (χ4v) is 3.59. The van der Waals surface area contributed by atoms with E-state index in [2.05, 4.69) is 10.3 Å². The second-order valence-electron chi connectivity index (χ2n) is 4.03. The van der Waals surface area contributed by atoms with Crippen LogP contribution in [0.2, 0.25) is 0 Å². The van der Waals surface area contributed by atoms with Crippen molar-refractivity contribution in [2.75, 3.05) is 11.5 Å². The highest BCUT2D eigenvalue weighted by atomic mass is 32.2. The summed E-state index contributed by atoms with van der Waals surface area (Å²) in [6.45, 7) is 0.715. The van der Waals surface area contributed by atoms with Gasteiger partial charge in [0.1, 0.15) is 0 Å². The Morgan fingerprint density at radius 1 is 1.53 bits per heavy atom. The van der Waals surface area contributed by atoms with Gasteiger partial charge in [0.05, 0.1) is 11.5 Å². The van der Waals surface area contributed by atoms with Crippen LogP contribution in [0.1, 0.15) is 18.5 Å². The zero-order valence-electron chi connectivity index (χ0n) is 8.57. The number of rotatable bonds is 3. The van der Waals surface area contributed by atoms with Crippen LogP contribution in [0.25, 0.3) is 0 Å². The van der Waals surface area contributed by atoms with Crippen LogP contribution in [0.15, 0.2) is 18.3 Å². The molecule has 15 heavy (non-hydrogen) atoms. The van der Waals surface area contributed by atoms with Crippen LogP contribution >= 0.6 is 0 Å². The van der Waals surface area contributed by atoms with E-state index < -0.39 is 9.84 Å². The van der Waals surface area contributed by atoms with E-state index in [1.807, 2.05) is 18.3 Å². The van der Waals surface area contributed by atoms with Gasteiger partial charge in [0.15, 0.2) is 9.84 Å². The van der Waals surface area contributed by atoms with Crippen LogP contribution in [-0.4, -0.2) is 30.9 Å². The van der Waals surface area contributed by atoms with Gasteiger partial charge in [0.2, 0.25) is 0 Å². The van der Waals surface area contributed by atoms with Crippen LogP contribution < -0.4 is 5.32 Å². The van der Waals surface area contributed by atoms with E-state index in [-0.39, 0.29) is 11.8 Å². The van der Waals surface area contributed by atoms with Gasteiger partial charge in [0.25, 0.3) is 0 Å². The SMILES string of the molecule is O=S1(=O)CCCC(NCc2ccc[nH]2)C1. The highest BCUT2D eigenvalue weighted by Gasteiger charge is 2.23. The number of H-pyrrole nitrogens is 1. The van der Waals surface area contributed by atoms with E-state index in [0.29, 0.717) is 12.3 Å². The van der Waals surface area contributed by atoms with E-state index in [1.165, 1.54) is 0 Å². The minimum atomic E-state index is -2.80. The standard InChI is InChI=1S/C10H16N2O2S/c13-15(14)6-2-4-10(8-15)12-7-9-3-1-5-11-9/h1,3,5,10-12H,2,4,6-8H2. The highest BCUT2D eigenvalue weighted by molar-refractivity contribution is 7.91. The molecule has 84 valence electrons. The zero-order chi connectivity index (χ0) is 10.7. The predicted molar refractivity (Wildman–Crippen MR) is 59.3 cm³/mol. The molecule has 2 N–H and O–H groups in total. The minimum absolute atomic E-state index is 0.118. The Kier molecular flexibility index (Phi) is 3.11. The van der Waals surface area contributed by atoms with E-state index >= 15 is 0 Å². The summed E-state index contributed by atoms with van der Waals surface area (Å²) in [5, 5.41) is 3.27. The molecule has 1 unspecified atom stereocenters. The smallest absolute Gasteiger partial charge is 0.151 e. The first-order valence-electron chi connectivity index (χ1n) is 5.22. The van der Waals surface area contributed by atoms with E-state index in [1.54, 1.807) is 0 Å². The van der Waals surface area contributed by atoms with Gasteiger partial charge in [-0.15, -0.1) is 0 Å². The van der Waals surface area contributed by atoms with E-state index in [0.717, 1.165) is 18.5 Å². The maximum atomic E-state index is 11.4. The Labute approximate surface area is 90.0 Å². The molecule has 0 radical (unpaired) electrons. The Morgan fingerprint density at radius 2 is 2.40 bits per heavy atom. The highest BCUT2D eigenvalue weighted by Crippen LogP contribution is 2.12. The Balaban J connectivity index is 1.85. The summed E-state index contributed by atoms with van der Waals surface area (Å²) >= 11 is 0. The van der Waals surface area contributed by atoms with Gasteiger partial charge < -0.3 is 10.3 Å². The minimum Gasteiger partial charge on any atom is -0.364 e. The molecule has 0 aliphatic carbocycles. The summed E-state index contributed by atoms with van der Waals surface area (Å²) in [6, 6.07) is 4.05. The lowest BCUT2D eigenvalue weighted by Gasteiger charge is -2.22. The summed E-state index contributed by atoms with van der Waals surface area (Å²) in [6.07, 6.45) is 3.61. The van der Waals surface area contributed by atoms with Gasteiger partial charge in [-0.25, -0.2) is 8.42 Å². The summed E-state index contributed by atoms with van der Waals surface area (Å²) in [5.41, 5.74) is 1.10. The topological polar surface area (TPSA) is 62.0 Å². The zero-order valence-corrected chi connectivity index (χ0v) is 9.39. The quantitative estimate of drug-likeness (QED) is 0.800. The van der Waals surface area contributed by atoms with Gasteiger partial charge in [-0.05, 0) is 25.0 Å². The van der Waals surface area contributed by atoms with Gasteiger partial charge in [0, 0.05) is 24.5 Å². The predicted octanol–water partition coefficient (Wildman–Crippen LogP) is 0.681. The molecule has 0 aromatic carbocycles. The summed E-state index contributed by atoms with van der Waals surface area (Å²) < 4.78 is 22.7. The third kappa shape index (κ3) is 3.07. The number of hydrogen-bond acceptors (Lipinski definition) is 3. The lowest BCUT2D eigenvalue weighted by molar-refractivity contribution is 0.478. The monoisotopic (exact) mass is 228 g/mol. The number of aromatic nitrogens is 1. The summed E-state index contributed by atoms with van der Waals surface area (Å²) in [5.74, 6) is 0.640. The molecule has 2 rings (SSSR count). The molecule has 0 spiro atoms. The molecule has 1 aromatic rings. The van der Waals surface area contributed by atoms with Crippen LogP contribution in [0.4, 0.5) is 0 Å². The molecule has 0 amide bonds. The van der Waals surface area contributed by atoms with Crippen LogP contribution in [0.3, 0.4) is 0 Å². The maximum absolute atomic E-state index is 11.4. The summed E-state index contributed by atoms with van der Waals surface area (Å²) in [7, 11) is -2.80. The summed E-state index contributed by atoms with van der Waals surface area (Å²) in [4.78, 5) is 3.09. The average molecular weight is 228 g/mol. The van der Waals surface area contributed by atoms with E-state index in [4.69, 9.17) is 0 Å². The number of nitrogens with one attached hydrogen (secondary N) is 2. The molecule has 2 heterocycles. The lowest BCUT2D eigenvalue weighted by atomic mass is 10.2. The fraction of sp³-hybridized carbons (Fsp3) is 0.600. The van der Waals surface area contributed by atoms with Crippen molar-refractivity contribution >= 4 is 9.84 Å². The number of aromatic amines is 1. The molecular formula is C10H16N2O2S. The van der Waals surface area contributed by atoms with Crippen molar-refractivity contribution in [2.24, 2.45) is 0 Å². The average Bonchev–Trinajstić information content (AvgIpc) is 2.65. The lowest BCUT2D eigenvalue weighted by Crippen LogP contribution is -2.39. The van der Waals surface area contributed by atoms with E-state index in [9.17, 15) is 8.42 Å². The molecule has 1 atom stereocenters. The number of sulfone groups is 1. The number of hydrogen-bond donors (Lipinski definition) is 2.